The SMILES string of the molecule is COc1cccc(CNCc2ccccc2C)c1OCC(O)CN1CCOCC1. The summed E-state index contributed by atoms with van der Waals surface area (Å²) < 4.78 is 16.9. The summed E-state index contributed by atoms with van der Waals surface area (Å²) in [6.45, 7) is 7.49. The number of nitrogens with one attached hydrogen (secondary N) is 1. The van der Waals surface area contributed by atoms with E-state index in [-0.39, 0.29) is 6.61 Å². The minimum atomic E-state index is -0.564. The van der Waals surface area contributed by atoms with Crippen LogP contribution in [-0.2, 0) is 17.8 Å². The topological polar surface area (TPSA) is 63.2 Å². The van der Waals surface area contributed by atoms with Gasteiger partial charge in [0.25, 0.3) is 0 Å². The fraction of sp³-hybridized carbons (Fsp3) is 0.478. The van der Waals surface area contributed by atoms with Gasteiger partial charge in [-0.3, -0.25) is 4.90 Å². The number of aliphatic hydroxyl groups excluding tert-OH is 1. The van der Waals surface area contributed by atoms with Gasteiger partial charge in [-0.15, -0.1) is 0 Å². The molecule has 0 radical (unpaired) electrons. The first-order valence-electron chi connectivity index (χ1n) is 10.2. The molecule has 1 heterocycles. The largest absolute Gasteiger partial charge is 0.493 e. The van der Waals surface area contributed by atoms with Crippen LogP contribution in [0.3, 0.4) is 0 Å². The van der Waals surface area contributed by atoms with Crippen molar-refractivity contribution in [3.8, 4) is 11.5 Å². The van der Waals surface area contributed by atoms with E-state index < -0.39 is 6.10 Å². The van der Waals surface area contributed by atoms with Crippen molar-refractivity contribution in [2.24, 2.45) is 0 Å². The molecule has 6 heteroatoms. The number of para-hydroxylation sites is 1. The first-order valence-corrected chi connectivity index (χ1v) is 10.2. The van der Waals surface area contributed by atoms with Crippen LogP contribution in [0.15, 0.2) is 42.5 Å². The number of ether oxygens (including phenoxy) is 3. The first kappa shape index (κ1) is 21.6. The van der Waals surface area contributed by atoms with Gasteiger partial charge in [0.2, 0.25) is 0 Å². The van der Waals surface area contributed by atoms with Crippen LogP contribution in [-0.4, -0.2) is 62.7 Å². The van der Waals surface area contributed by atoms with Crippen LogP contribution in [0.2, 0.25) is 0 Å². The summed E-state index contributed by atoms with van der Waals surface area (Å²) in [5, 5.41) is 13.9. The number of morpholine rings is 1. The van der Waals surface area contributed by atoms with E-state index in [4.69, 9.17) is 14.2 Å². The maximum absolute atomic E-state index is 10.4. The molecule has 1 fully saturated rings. The van der Waals surface area contributed by atoms with Gasteiger partial charge in [0.05, 0.1) is 20.3 Å². The Bertz CT molecular complexity index is 762. The van der Waals surface area contributed by atoms with Crippen LogP contribution >= 0.6 is 0 Å². The Hall–Kier alpha value is -2.12. The average Bonchev–Trinajstić information content (AvgIpc) is 2.74. The van der Waals surface area contributed by atoms with Gasteiger partial charge in [0.15, 0.2) is 11.5 Å². The van der Waals surface area contributed by atoms with Gasteiger partial charge in [-0.25, -0.2) is 0 Å². The number of aliphatic hydroxyl groups is 1. The molecule has 1 saturated heterocycles. The van der Waals surface area contributed by atoms with Gasteiger partial charge >= 0.3 is 0 Å². The number of hydrogen-bond donors (Lipinski definition) is 2. The molecule has 3 rings (SSSR count). The van der Waals surface area contributed by atoms with Gasteiger partial charge in [-0.1, -0.05) is 36.4 Å². The van der Waals surface area contributed by atoms with Crippen molar-refractivity contribution >= 4 is 0 Å². The summed E-state index contributed by atoms with van der Waals surface area (Å²) in [4.78, 5) is 2.20. The van der Waals surface area contributed by atoms with Crippen molar-refractivity contribution in [1.82, 2.24) is 10.2 Å². The zero-order valence-electron chi connectivity index (χ0n) is 17.4. The summed E-state index contributed by atoms with van der Waals surface area (Å²) >= 11 is 0. The van der Waals surface area contributed by atoms with E-state index in [0.29, 0.717) is 24.6 Å². The number of β-amino-alcohol motifs (C(OH)–C–C–N with tert-alkyl or cyclic N) is 1. The molecule has 0 amide bonds. The Labute approximate surface area is 173 Å². The highest BCUT2D eigenvalue weighted by atomic mass is 16.5. The number of methoxy groups -OCH3 is 1. The average molecular weight is 401 g/mol. The van der Waals surface area contributed by atoms with Crippen LogP contribution in [0.5, 0.6) is 11.5 Å². The molecule has 2 aromatic carbocycles. The van der Waals surface area contributed by atoms with Gasteiger partial charge in [-0.05, 0) is 24.1 Å². The van der Waals surface area contributed by atoms with Crippen molar-refractivity contribution in [1.29, 1.82) is 0 Å². The van der Waals surface area contributed by atoms with Crippen molar-refractivity contribution in [3.05, 3.63) is 59.2 Å². The number of benzene rings is 2. The van der Waals surface area contributed by atoms with Crippen LogP contribution in [0, 0.1) is 6.92 Å². The second kappa shape index (κ2) is 11.2. The minimum Gasteiger partial charge on any atom is -0.493 e. The van der Waals surface area contributed by atoms with Crippen LogP contribution in [0.1, 0.15) is 16.7 Å². The number of hydrogen-bond acceptors (Lipinski definition) is 6. The van der Waals surface area contributed by atoms with Gasteiger partial charge in [-0.2, -0.15) is 0 Å². The predicted molar refractivity (Wildman–Crippen MR) is 113 cm³/mol. The second-order valence-electron chi connectivity index (χ2n) is 7.36. The van der Waals surface area contributed by atoms with Crippen molar-refractivity contribution in [3.63, 3.8) is 0 Å². The molecule has 1 aliphatic rings. The quantitative estimate of drug-likeness (QED) is 0.639. The highest BCUT2D eigenvalue weighted by molar-refractivity contribution is 5.46. The van der Waals surface area contributed by atoms with Gasteiger partial charge in [0.1, 0.15) is 12.7 Å². The molecular weight excluding hydrogens is 368 g/mol. The number of nitrogens with zero attached hydrogens (tertiary/aromatic N) is 1. The maximum atomic E-state index is 10.4. The van der Waals surface area contributed by atoms with Gasteiger partial charge in [0, 0.05) is 38.3 Å². The first-order chi connectivity index (χ1) is 14.2. The molecule has 0 spiro atoms. The Kier molecular flexibility index (Phi) is 8.31. The fourth-order valence-corrected chi connectivity index (χ4v) is 3.48. The molecule has 2 N–H and O–H groups in total. The lowest BCUT2D eigenvalue weighted by atomic mass is 10.1. The van der Waals surface area contributed by atoms with Crippen molar-refractivity contribution in [2.75, 3.05) is 46.6 Å². The zero-order valence-corrected chi connectivity index (χ0v) is 17.4. The van der Waals surface area contributed by atoms with E-state index in [0.717, 1.165) is 38.4 Å². The highest BCUT2D eigenvalue weighted by Crippen LogP contribution is 2.31. The molecule has 158 valence electrons. The summed E-state index contributed by atoms with van der Waals surface area (Å²) in [6.07, 6.45) is -0.564. The second-order valence-corrected chi connectivity index (χ2v) is 7.36. The Morgan fingerprint density at radius 2 is 1.79 bits per heavy atom. The third-order valence-electron chi connectivity index (χ3n) is 5.17. The summed E-state index contributed by atoms with van der Waals surface area (Å²) in [5.41, 5.74) is 3.56. The third kappa shape index (κ3) is 6.44. The molecule has 1 unspecified atom stereocenters. The lowest BCUT2D eigenvalue weighted by molar-refractivity contribution is 0.00436. The standard InChI is InChI=1S/C23H32N2O4/c1-18-6-3-4-7-19(18)14-24-15-20-8-5-9-22(27-2)23(20)29-17-21(26)16-25-10-12-28-13-11-25/h3-9,21,24,26H,10-17H2,1-2H3. The van der Waals surface area contributed by atoms with Crippen LogP contribution < -0.4 is 14.8 Å². The monoisotopic (exact) mass is 400 g/mol. The van der Waals surface area contributed by atoms with E-state index in [2.05, 4.69) is 41.4 Å². The number of aryl methyl sites for hydroxylation is 1. The van der Waals surface area contributed by atoms with E-state index in [1.54, 1.807) is 7.11 Å². The summed E-state index contributed by atoms with van der Waals surface area (Å²) in [5.74, 6) is 1.37. The molecule has 29 heavy (non-hydrogen) atoms. The molecule has 0 saturated carbocycles. The molecule has 1 aliphatic heterocycles. The van der Waals surface area contributed by atoms with Crippen molar-refractivity contribution < 1.29 is 19.3 Å². The molecule has 6 nitrogen and oxygen atoms in total. The minimum absolute atomic E-state index is 0.225. The zero-order chi connectivity index (χ0) is 20.5. The third-order valence-corrected chi connectivity index (χ3v) is 5.17. The Morgan fingerprint density at radius 3 is 2.55 bits per heavy atom. The number of rotatable bonds is 10. The molecule has 1 atom stereocenters. The molecule has 2 aromatic rings. The van der Waals surface area contributed by atoms with E-state index in [9.17, 15) is 5.11 Å². The molecule has 0 aliphatic carbocycles. The predicted octanol–water partition coefficient (Wildman–Crippen LogP) is 2.37. The molecular formula is C23H32N2O4. The smallest absolute Gasteiger partial charge is 0.165 e. The van der Waals surface area contributed by atoms with E-state index >= 15 is 0 Å². The summed E-state index contributed by atoms with van der Waals surface area (Å²) in [7, 11) is 1.64. The van der Waals surface area contributed by atoms with Gasteiger partial charge < -0.3 is 24.6 Å². The summed E-state index contributed by atoms with van der Waals surface area (Å²) in [6, 6.07) is 14.2. The lowest BCUT2D eigenvalue weighted by Crippen LogP contribution is -2.42. The molecule has 0 aromatic heterocycles. The van der Waals surface area contributed by atoms with Crippen LogP contribution in [0.25, 0.3) is 0 Å². The fourth-order valence-electron chi connectivity index (χ4n) is 3.48. The van der Waals surface area contributed by atoms with Crippen molar-refractivity contribution in [2.45, 2.75) is 26.1 Å². The molecule has 0 bridgehead atoms. The van der Waals surface area contributed by atoms with Crippen LogP contribution in [0.4, 0.5) is 0 Å². The van der Waals surface area contributed by atoms with E-state index in [1.165, 1.54) is 11.1 Å². The Morgan fingerprint density at radius 1 is 1.07 bits per heavy atom. The maximum Gasteiger partial charge on any atom is 0.165 e. The normalized spacial score (nSPS) is 15.8. The Balaban J connectivity index is 1.57. The highest BCUT2D eigenvalue weighted by Gasteiger charge is 2.17. The van der Waals surface area contributed by atoms with E-state index in [1.807, 2.05) is 18.2 Å². The lowest BCUT2D eigenvalue weighted by Gasteiger charge is -2.28.